The molecule has 28 heavy (non-hydrogen) atoms. The molecule has 0 spiro atoms. The van der Waals surface area contributed by atoms with Gasteiger partial charge in [0.25, 0.3) is 5.91 Å². The smallest absolute Gasteiger partial charge is 0.254 e. The van der Waals surface area contributed by atoms with Crippen molar-refractivity contribution in [3.63, 3.8) is 0 Å². The molecule has 3 amide bonds. The van der Waals surface area contributed by atoms with Crippen LogP contribution >= 0.6 is 0 Å². The Hall–Kier alpha value is -2.95. The van der Waals surface area contributed by atoms with E-state index in [4.69, 9.17) is 0 Å². The third-order valence-corrected chi connectivity index (χ3v) is 5.70. The van der Waals surface area contributed by atoms with E-state index in [2.05, 4.69) is 26.0 Å². The fourth-order valence-electron chi connectivity index (χ4n) is 4.28. The standard InChI is InChI=1S/C23H24N2O3/c1-23(2)15-25(21(23)17-6-4-3-5-7-17)22(28)18-10-8-16(9-11-18)14-24-19(26)12-13-20(24)27/h3-11,21H,12-15H2,1-2H3. The van der Waals surface area contributed by atoms with Gasteiger partial charge in [-0.25, -0.2) is 0 Å². The van der Waals surface area contributed by atoms with E-state index in [1.807, 2.05) is 35.2 Å². The fraction of sp³-hybridized carbons (Fsp3) is 0.348. The van der Waals surface area contributed by atoms with Gasteiger partial charge in [-0.2, -0.15) is 0 Å². The van der Waals surface area contributed by atoms with Gasteiger partial charge in [-0.1, -0.05) is 56.3 Å². The number of imide groups is 1. The molecular weight excluding hydrogens is 352 g/mol. The van der Waals surface area contributed by atoms with Gasteiger partial charge in [0.1, 0.15) is 0 Å². The number of amides is 3. The van der Waals surface area contributed by atoms with Gasteiger partial charge in [0, 0.05) is 30.4 Å². The fourth-order valence-corrected chi connectivity index (χ4v) is 4.28. The highest BCUT2D eigenvalue weighted by Crippen LogP contribution is 2.48. The van der Waals surface area contributed by atoms with Gasteiger partial charge >= 0.3 is 0 Å². The lowest BCUT2D eigenvalue weighted by Gasteiger charge is -2.54. The minimum atomic E-state index is -0.126. The van der Waals surface area contributed by atoms with Gasteiger partial charge in [0.15, 0.2) is 0 Å². The summed E-state index contributed by atoms with van der Waals surface area (Å²) in [4.78, 5) is 39.8. The number of carbonyl (C=O) groups excluding carboxylic acids is 3. The van der Waals surface area contributed by atoms with Crippen molar-refractivity contribution < 1.29 is 14.4 Å². The average molecular weight is 376 g/mol. The van der Waals surface area contributed by atoms with Gasteiger partial charge in [-0.3, -0.25) is 19.3 Å². The first-order valence-corrected chi connectivity index (χ1v) is 9.65. The second-order valence-electron chi connectivity index (χ2n) is 8.31. The lowest BCUT2D eigenvalue weighted by molar-refractivity contribution is -0.139. The molecule has 0 saturated carbocycles. The third-order valence-electron chi connectivity index (χ3n) is 5.70. The lowest BCUT2D eigenvalue weighted by atomic mass is 9.71. The number of hydrogen-bond donors (Lipinski definition) is 0. The molecule has 2 fully saturated rings. The molecule has 2 aliphatic heterocycles. The Bertz CT molecular complexity index is 903. The number of nitrogens with zero attached hydrogens (tertiary/aromatic N) is 2. The highest BCUT2D eigenvalue weighted by Gasteiger charge is 2.48. The maximum Gasteiger partial charge on any atom is 0.254 e. The Labute approximate surface area is 164 Å². The molecule has 2 heterocycles. The molecule has 5 nitrogen and oxygen atoms in total. The molecule has 0 bridgehead atoms. The average Bonchev–Trinajstić information content (AvgIpc) is 2.99. The van der Waals surface area contributed by atoms with Gasteiger partial charge in [-0.15, -0.1) is 0 Å². The zero-order valence-corrected chi connectivity index (χ0v) is 16.2. The SMILES string of the molecule is CC1(C)CN(C(=O)c2ccc(CN3C(=O)CCC3=O)cc2)C1c1ccccc1. The van der Waals surface area contributed by atoms with Crippen LogP contribution in [0.1, 0.15) is 54.2 Å². The molecule has 2 aliphatic rings. The van der Waals surface area contributed by atoms with Crippen molar-refractivity contribution in [2.24, 2.45) is 5.41 Å². The zero-order valence-electron chi connectivity index (χ0n) is 16.2. The summed E-state index contributed by atoms with van der Waals surface area (Å²) in [5.41, 5.74) is 2.66. The first-order chi connectivity index (χ1) is 13.4. The largest absolute Gasteiger partial charge is 0.330 e. The van der Waals surface area contributed by atoms with Gasteiger partial charge in [-0.05, 0) is 23.3 Å². The van der Waals surface area contributed by atoms with Crippen LogP contribution in [-0.4, -0.2) is 34.1 Å². The molecule has 0 aromatic heterocycles. The van der Waals surface area contributed by atoms with Crippen LogP contribution in [0.4, 0.5) is 0 Å². The Kier molecular flexibility index (Phi) is 4.53. The highest BCUT2D eigenvalue weighted by atomic mass is 16.2. The van der Waals surface area contributed by atoms with E-state index in [0.29, 0.717) is 24.9 Å². The Balaban J connectivity index is 1.49. The summed E-state index contributed by atoms with van der Waals surface area (Å²) in [6, 6.07) is 17.4. The first-order valence-electron chi connectivity index (χ1n) is 9.65. The maximum atomic E-state index is 13.1. The molecule has 4 rings (SSSR count). The summed E-state index contributed by atoms with van der Waals surface area (Å²) < 4.78 is 0. The number of benzene rings is 2. The van der Waals surface area contributed by atoms with Crippen molar-refractivity contribution in [1.82, 2.24) is 9.80 Å². The Morgan fingerprint density at radius 3 is 2.14 bits per heavy atom. The Morgan fingerprint density at radius 1 is 0.964 bits per heavy atom. The van der Waals surface area contributed by atoms with Crippen LogP contribution in [0.25, 0.3) is 0 Å². The van der Waals surface area contributed by atoms with Crippen LogP contribution < -0.4 is 0 Å². The molecule has 1 unspecified atom stereocenters. The summed E-state index contributed by atoms with van der Waals surface area (Å²) >= 11 is 0. The predicted molar refractivity (Wildman–Crippen MR) is 105 cm³/mol. The van der Waals surface area contributed by atoms with Crippen molar-refractivity contribution in [3.05, 3.63) is 71.3 Å². The van der Waals surface area contributed by atoms with Crippen molar-refractivity contribution in [2.75, 3.05) is 6.54 Å². The molecule has 0 N–H and O–H groups in total. The van der Waals surface area contributed by atoms with E-state index < -0.39 is 0 Å². The molecule has 0 aliphatic carbocycles. The monoisotopic (exact) mass is 376 g/mol. The molecule has 2 aromatic carbocycles. The topological polar surface area (TPSA) is 57.7 Å². The second-order valence-corrected chi connectivity index (χ2v) is 8.31. The molecular formula is C23H24N2O3. The van der Waals surface area contributed by atoms with Crippen LogP contribution in [-0.2, 0) is 16.1 Å². The third kappa shape index (κ3) is 3.21. The van der Waals surface area contributed by atoms with Crippen molar-refractivity contribution >= 4 is 17.7 Å². The van der Waals surface area contributed by atoms with Gasteiger partial charge < -0.3 is 4.90 Å². The first kappa shape index (κ1) is 18.4. The molecule has 2 aromatic rings. The van der Waals surface area contributed by atoms with Crippen molar-refractivity contribution in [1.29, 1.82) is 0 Å². The number of likely N-dealkylation sites (tertiary alicyclic amines) is 2. The predicted octanol–water partition coefficient (Wildman–Crippen LogP) is 3.56. The minimum Gasteiger partial charge on any atom is -0.330 e. The quantitative estimate of drug-likeness (QED) is 0.767. The van der Waals surface area contributed by atoms with E-state index in [1.54, 1.807) is 12.1 Å². The van der Waals surface area contributed by atoms with E-state index in [0.717, 1.165) is 11.1 Å². The van der Waals surface area contributed by atoms with Crippen LogP contribution in [0.3, 0.4) is 0 Å². The van der Waals surface area contributed by atoms with Crippen molar-refractivity contribution in [3.8, 4) is 0 Å². The van der Waals surface area contributed by atoms with E-state index in [9.17, 15) is 14.4 Å². The highest BCUT2D eigenvalue weighted by molar-refractivity contribution is 6.01. The van der Waals surface area contributed by atoms with Gasteiger partial charge in [0.2, 0.25) is 11.8 Å². The summed E-state index contributed by atoms with van der Waals surface area (Å²) in [7, 11) is 0. The summed E-state index contributed by atoms with van der Waals surface area (Å²) in [5.74, 6) is -0.245. The van der Waals surface area contributed by atoms with Crippen molar-refractivity contribution in [2.45, 2.75) is 39.3 Å². The van der Waals surface area contributed by atoms with Crippen LogP contribution in [0.5, 0.6) is 0 Å². The van der Waals surface area contributed by atoms with E-state index in [1.165, 1.54) is 4.90 Å². The number of rotatable bonds is 4. The van der Waals surface area contributed by atoms with Gasteiger partial charge in [0.05, 0.1) is 12.6 Å². The lowest BCUT2D eigenvalue weighted by Crippen LogP contribution is -2.57. The zero-order chi connectivity index (χ0) is 19.9. The van der Waals surface area contributed by atoms with Crippen LogP contribution in [0.2, 0.25) is 0 Å². The minimum absolute atomic E-state index is 0.00746. The summed E-state index contributed by atoms with van der Waals surface area (Å²) in [6.45, 7) is 5.35. The summed E-state index contributed by atoms with van der Waals surface area (Å²) in [6.07, 6.45) is 0.585. The summed E-state index contributed by atoms with van der Waals surface area (Å²) in [5, 5.41) is 0. The maximum absolute atomic E-state index is 13.1. The normalized spacial score (nSPS) is 21.0. The molecule has 144 valence electrons. The Morgan fingerprint density at radius 2 is 1.57 bits per heavy atom. The molecule has 0 radical (unpaired) electrons. The second kappa shape index (κ2) is 6.89. The molecule has 1 atom stereocenters. The number of carbonyl (C=O) groups is 3. The molecule has 2 saturated heterocycles. The van der Waals surface area contributed by atoms with E-state index >= 15 is 0 Å². The van der Waals surface area contributed by atoms with E-state index in [-0.39, 0.29) is 35.7 Å². The van der Waals surface area contributed by atoms with Crippen LogP contribution in [0.15, 0.2) is 54.6 Å². The van der Waals surface area contributed by atoms with Crippen LogP contribution in [0, 0.1) is 5.41 Å². The molecule has 5 heteroatoms. The number of hydrogen-bond acceptors (Lipinski definition) is 3.